The average molecular weight is 432 g/mol. The molecule has 0 radical (unpaired) electrons. The lowest BCUT2D eigenvalue weighted by Crippen LogP contribution is -2.53. The number of carbonyl (C=O) groups is 2. The van der Waals surface area contributed by atoms with E-state index < -0.39 is 6.04 Å². The van der Waals surface area contributed by atoms with E-state index in [1.54, 1.807) is 35.7 Å². The van der Waals surface area contributed by atoms with Crippen LogP contribution in [0.2, 0.25) is 0 Å². The van der Waals surface area contributed by atoms with Gasteiger partial charge in [0.1, 0.15) is 17.5 Å². The van der Waals surface area contributed by atoms with E-state index in [4.69, 9.17) is 9.47 Å². The molecule has 0 aliphatic carbocycles. The Bertz CT molecular complexity index is 847. The van der Waals surface area contributed by atoms with Gasteiger partial charge in [0.15, 0.2) is 0 Å². The summed E-state index contributed by atoms with van der Waals surface area (Å²) in [6.07, 6.45) is 3.77. The summed E-state index contributed by atoms with van der Waals surface area (Å²) in [7, 11) is 3.07. The maximum atomic E-state index is 13.3. The maximum absolute atomic E-state index is 13.3. The van der Waals surface area contributed by atoms with Gasteiger partial charge in [-0.2, -0.15) is 0 Å². The van der Waals surface area contributed by atoms with Crippen LogP contribution < -0.4 is 14.8 Å². The van der Waals surface area contributed by atoms with Crippen LogP contribution in [0.25, 0.3) is 0 Å². The third kappa shape index (κ3) is 5.11. The predicted octanol–water partition coefficient (Wildman–Crippen LogP) is 3.32. The fourth-order valence-electron chi connectivity index (χ4n) is 3.69. The van der Waals surface area contributed by atoms with E-state index in [2.05, 4.69) is 10.3 Å². The smallest absolute Gasteiger partial charge is 0.252 e. The first kappa shape index (κ1) is 22.1. The minimum absolute atomic E-state index is 0.0468. The summed E-state index contributed by atoms with van der Waals surface area (Å²) in [5.41, 5.74) is 0.393. The largest absolute Gasteiger partial charge is 0.497 e. The standard InChI is InChI=1S/C22H29N3O4S/c1-14(2)19(24-20(26)16-10-17(28-3)12-18(11-16)29-4)22(27)25-8-5-6-15(13-25)21-23-7-9-30-21/h7,9-12,14-15,19H,5-6,8,13H2,1-4H3,(H,24,26). The van der Waals surface area contributed by atoms with E-state index >= 15 is 0 Å². The number of likely N-dealkylation sites (tertiary alicyclic amines) is 1. The first-order valence-electron chi connectivity index (χ1n) is 10.1. The molecule has 0 spiro atoms. The van der Waals surface area contributed by atoms with Crippen molar-refractivity contribution in [2.45, 2.75) is 38.6 Å². The summed E-state index contributed by atoms with van der Waals surface area (Å²) in [6.45, 7) is 5.22. The molecule has 2 unspecified atom stereocenters. The molecule has 8 heteroatoms. The van der Waals surface area contributed by atoms with Gasteiger partial charge >= 0.3 is 0 Å². The number of aromatic nitrogens is 1. The van der Waals surface area contributed by atoms with Crippen molar-refractivity contribution in [3.05, 3.63) is 40.3 Å². The van der Waals surface area contributed by atoms with Gasteiger partial charge in [-0.3, -0.25) is 9.59 Å². The number of amides is 2. The molecule has 1 saturated heterocycles. The summed E-state index contributed by atoms with van der Waals surface area (Å²) in [6, 6.07) is 4.37. The van der Waals surface area contributed by atoms with E-state index in [0.29, 0.717) is 30.2 Å². The first-order valence-corrected chi connectivity index (χ1v) is 11.0. The van der Waals surface area contributed by atoms with Crippen molar-refractivity contribution in [2.24, 2.45) is 5.92 Å². The van der Waals surface area contributed by atoms with Gasteiger partial charge in [0, 0.05) is 42.2 Å². The topological polar surface area (TPSA) is 80.8 Å². The van der Waals surface area contributed by atoms with Crippen LogP contribution in [0.4, 0.5) is 0 Å². The molecular weight excluding hydrogens is 402 g/mol. The Kier molecular flexibility index (Phi) is 7.31. The molecule has 1 aliphatic rings. The Labute approximate surface area is 181 Å². The SMILES string of the molecule is COc1cc(OC)cc(C(=O)NC(C(=O)N2CCCC(c3nccs3)C2)C(C)C)c1. The Morgan fingerprint density at radius 1 is 1.20 bits per heavy atom. The predicted molar refractivity (Wildman–Crippen MR) is 116 cm³/mol. The highest BCUT2D eigenvalue weighted by atomic mass is 32.1. The van der Waals surface area contributed by atoms with Crippen LogP contribution in [-0.2, 0) is 4.79 Å². The van der Waals surface area contributed by atoms with Crippen LogP contribution in [0.5, 0.6) is 11.5 Å². The van der Waals surface area contributed by atoms with Crippen LogP contribution in [0.1, 0.15) is 48.0 Å². The van der Waals surface area contributed by atoms with Gasteiger partial charge in [0.05, 0.1) is 19.2 Å². The number of nitrogens with one attached hydrogen (secondary N) is 1. The number of carbonyl (C=O) groups excluding carboxylic acids is 2. The number of thiazole rings is 1. The quantitative estimate of drug-likeness (QED) is 0.727. The second kappa shape index (κ2) is 9.93. The molecule has 0 saturated carbocycles. The highest BCUT2D eigenvalue weighted by Crippen LogP contribution is 2.29. The highest BCUT2D eigenvalue weighted by molar-refractivity contribution is 7.09. The second-order valence-electron chi connectivity index (χ2n) is 7.79. The van der Waals surface area contributed by atoms with Crippen molar-refractivity contribution < 1.29 is 19.1 Å². The Balaban J connectivity index is 1.74. The lowest BCUT2D eigenvalue weighted by Gasteiger charge is -2.35. The van der Waals surface area contributed by atoms with Gasteiger partial charge in [-0.05, 0) is 30.9 Å². The second-order valence-corrected chi connectivity index (χ2v) is 8.72. The number of hydrogen-bond donors (Lipinski definition) is 1. The molecule has 1 N–H and O–H groups in total. The number of piperidine rings is 1. The molecule has 1 aromatic carbocycles. The normalized spacial score (nSPS) is 17.5. The number of methoxy groups -OCH3 is 2. The van der Waals surface area contributed by atoms with Crippen LogP contribution in [0, 0.1) is 5.92 Å². The zero-order valence-corrected chi connectivity index (χ0v) is 18.7. The summed E-state index contributed by atoms with van der Waals surface area (Å²) in [5.74, 6) is 0.883. The molecule has 0 bridgehead atoms. The summed E-state index contributed by atoms with van der Waals surface area (Å²) in [5, 5.41) is 5.97. The number of ether oxygens (including phenoxy) is 2. The number of rotatable bonds is 7. The summed E-state index contributed by atoms with van der Waals surface area (Å²) < 4.78 is 10.5. The molecule has 2 amide bonds. The lowest BCUT2D eigenvalue weighted by atomic mass is 9.96. The van der Waals surface area contributed by atoms with Gasteiger partial charge in [0.2, 0.25) is 5.91 Å². The Morgan fingerprint density at radius 2 is 1.90 bits per heavy atom. The van der Waals surface area contributed by atoms with E-state index in [9.17, 15) is 9.59 Å². The Morgan fingerprint density at radius 3 is 2.47 bits per heavy atom. The molecule has 3 rings (SSSR count). The molecule has 1 aromatic heterocycles. The molecule has 7 nitrogen and oxygen atoms in total. The molecular formula is C22H29N3O4S. The molecule has 2 heterocycles. The van der Waals surface area contributed by atoms with Gasteiger partial charge < -0.3 is 19.7 Å². The first-order chi connectivity index (χ1) is 14.4. The monoisotopic (exact) mass is 431 g/mol. The van der Waals surface area contributed by atoms with Gasteiger partial charge in [-0.25, -0.2) is 4.98 Å². The molecule has 1 fully saturated rings. The Hall–Kier alpha value is -2.61. The molecule has 1 aliphatic heterocycles. The van der Waals surface area contributed by atoms with Crippen molar-refractivity contribution >= 4 is 23.2 Å². The van der Waals surface area contributed by atoms with Crippen molar-refractivity contribution in [1.82, 2.24) is 15.2 Å². The van der Waals surface area contributed by atoms with E-state index in [-0.39, 0.29) is 23.7 Å². The van der Waals surface area contributed by atoms with Crippen molar-refractivity contribution in [2.75, 3.05) is 27.3 Å². The fraction of sp³-hybridized carbons (Fsp3) is 0.500. The van der Waals surface area contributed by atoms with Crippen molar-refractivity contribution in [1.29, 1.82) is 0 Å². The number of hydrogen-bond acceptors (Lipinski definition) is 6. The molecule has 30 heavy (non-hydrogen) atoms. The summed E-state index contributed by atoms with van der Waals surface area (Å²) >= 11 is 1.63. The van der Waals surface area contributed by atoms with Gasteiger partial charge in [0.25, 0.3) is 5.91 Å². The van der Waals surface area contributed by atoms with E-state index in [0.717, 1.165) is 17.8 Å². The maximum Gasteiger partial charge on any atom is 0.252 e. The average Bonchev–Trinajstić information content (AvgIpc) is 3.31. The molecule has 162 valence electrons. The molecule has 2 atom stereocenters. The van der Waals surface area contributed by atoms with Crippen molar-refractivity contribution in [3.8, 4) is 11.5 Å². The van der Waals surface area contributed by atoms with Crippen LogP contribution in [0.3, 0.4) is 0 Å². The highest BCUT2D eigenvalue weighted by Gasteiger charge is 2.33. The zero-order valence-electron chi connectivity index (χ0n) is 17.9. The molecule has 2 aromatic rings. The third-order valence-electron chi connectivity index (χ3n) is 5.37. The van der Waals surface area contributed by atoms with E-state index in [1.807, 2.05) is 24.1 Å². The third-order valence-corrected chi connectivity index (χ3v) is 6.30. The van der Waals surface area contributed by atoms with Gasteiger partial charge in [-0.1, -0.05) is 13.8 Å². The minimum atomic E-state index is -0.607. The lowest BCUT2D eigenvalue weighted by molar-refractivity contribution is -0.135. The van der Waals surface area contributed by atoms with Crippen LogP contribution >= 0.6 is 11.3 Å². The van der Waals surface area contributed by atoms with Gasteiger partial charge in [-0.15, -0.1) is 11.3 Å². The zero-order chi connectivity index (χ0) is 21.7. The fourth-order valence-corrected chi connectivity index (χ4v) is 4.46. The number of nitrogens with zero attached hydrogens (tertiary/aromatic N) is 2. The van der Waals surface area contributed by atoms with Crippen LogP contribution in [0.15, 0.2) is 29.8 Å². The van der Waals surface area contributed by atoms with E-state index in [1.165, 1.54) is 14.2 Å². The summed E-state index contributed by atoms with van der Waals surface area (Å²) in [4.78, 5) is 32.5. The minimum Gasteiger partial charge on any atom is -0.497 e. The van der Waals surface area contributed by atoms with Crippen LogP contribution in [-0.4, -0.2) is 55.0 Å². The number of benzene rings is 1. The van der Waals surface area contributed by atoms with Crippen molar-refractivity contribution in [3.63, 3.8) is 0 Å².